The van der Waals surface area contributed by atoms with E-state index in [9.17, 15) is 26.7 Å². The molecule has 1 fully saturated rings. The number of nitrogens with one attached hydrogen (secondary N) is 1. The maximum Gasteiger partial charge on any atom is 0.417 e. The molecular formula is C22H20F5N5O. The van der Waals surface area contributed by atoms with E-state index in [0.717, 1.165) is 30.8 Å². The zero-order valence-corrected chi connectivity index (χ0v) is 17.5. The predicted molar refractivity (Wildman–Crippen MR) is 110 cm³/mol. The van der Waals surface area contributed by atoms with Crippen LogP contribution >= 0.6 is 0 Å². The van der Waals surface area contributed by atoms with Crippen LogP contribution in [-0.4, -0.2) is 40.3 Å². The van der Waals surface area contributed by atoms with Gasteiger partial charge in [0.15, 0.2) is 17.5 Å². The first-order chi connectivity index (χ1) is 15.6. The number of carbonyl (C=O) groups is 1. The third-order valence-electron chi connectivity index (χ3n) is 5.65. The predicted octanol–water partition coefficient (Wildman–Crippen LogP) is 4.13. The zero-order valence-electron chi connectivity index (χ0n) is 17.5. The Morgan fingerprint density at radius 3 is 2.61 bits per heavy atom. The number of pyridine rings is 1. The molecule has 1 aliphatic rings. The monoisotopic (exact) mass is 465 g/mol. The average Bonchev–Trinajstić information content (AvgIpc) is 3.40. The fraction of sp³-hybridized carbons (Fsp3) is 0.318. The lowest BCUT2D eigenvalue weighted by Gasteiger charge is -2.19. The van der Waals surface area contributed by atoms with Gasteiger partial charge in [-0.1, -0.05) is 0 Å². The number of hydrogen-bond acceptors (Lipinski definition) is 4. The summed E-state index contributed by atoms with van der Waals surface area (Å²) in [5.74, 6) is -1.88. The lowest BCUT2D eigenvalue weighted by Crippen LogP contribution is -2.31. The Hall–Kier alpha value is -3.50. The summed E-state index contributed by atoms with van der Waals surface area (Å²) in [6, 6.07) is 5.86. The Morgan fingerprint density at radius 1 is 1.15 bits per heavy atom. The van der Waals surface area contributed by atoms with Gasteiger partial charge in [0.05, 0.1) is 23.0 Å². The number of amides is 1. The summed E-state index contributed by atoms with van der Waals surface area (Å²) in [4.78, 5) is 18.4. The number of aromatic nitrogens is 3. The van der Waals surface area contributed by atoms with Crippen LogP contribution in [0, 0.1) is 24.5 Å². The highest BCUT2D eigenvalue weighted by Crippen LogP contribution is 2.29. The molecule has 0 aliphatic carbocycles. The lowest BCUT2D eigenvalue weighted by atomic mass is 10.1. The first-order valence-electron chi connectivity index (χ1n) is 10.2. The van der Waals surface area contributed by atoms with Crippen LogP contribution in [0.3, 0.4) is 0 Å². The quantitative estimate of drug-likeness (QED) is 0.576. The van der Waals surface area contributed by atoms with Gasteiger partial charge in [-0.15, -0.1) is 0 Å². The van der Waals surface area contributed by atoms with Crippen LogP contribution in [0.25, 0.3) is 5.82 Å². The largest absolute Gasteiger partial charge is 0.417 e. The molecule has 1 aliphatic heterocycles. The van der Waals surface area contributed by atoms with Gasteiger partial charge in [-0.2, -0.15) is 18.3 Å². The van der Waals surface area contributed by atoms with Gasteiger partial charge in [0.2, 0.25) is 0 Å². The summed E-state index contributed by atoms with van der Waals surface area (Å²) in [6.07, 6.45) is -1.66. The number of halogens is 5. The molecule has 1 N–H and O–H groups in total. The van der Waals surface area contributed by atoms with E-state index in [0.29, 0.717) is 31.0 Å². The number of benzene rings is 1. The molecule has 1 amide bonds. The molecule has 0 spiro atoms. The van der Waals surface area contributed by atoms with E-state index in [1.54, 1.807) is 6.92 Å². The van der Waals surface area contributed by atoms with Crippen LogP contribution in [0.2, 0.25) is 0 Å². The van der Waals surface area contributed by atoms with Crippen molar-refractivity contribution in [3.63, 3.8) is 0 Å². The second kappa shape index (κ2) is 8.80. The van der Waals surface area contributed by atoms with Crippen molar-refractivity contribution in [2.45, 2.75) is 19.5 Å². The van der Waals surface area contributed by atoms with Crippen LogP contribution in [0.15, 0.2) is 42.7 Å². The normalized spacial score (nSPS) is 16.3. The Labute approximate surface area is 186 Å². The molecule has 1 saturated heterocycles. The van der Waals surface area contributed by atoms with Crippen molar-refractivity contribution in [3.05, 3.63) is 71.2 Å². The lowest BCUT2D eigenvalue weighted by molar-refractivity contribution is -0.137. The topological polar surface area (TPSA) is 63.1 Å². The Morgan fingerprint density at radius 2 is 1.94 bits per heavy atom. The average molecular weight is 465 g/mol. The molecule has 3 heterocycles. The highest BCUT2D eigenvalue weighted by atomic mass is 19.4. The molecule has 174 valence electrons. The van der Waals surface area contributed by atoms with E-state index < -0.39 is 23.4 Å². The van der Waals surface area contributed by atoms with E-state index in [4.69, 9.17) is 0 Å². The highest BCUT2D eigenvalue weighted by Gasteiger charge is 2.31. The number of nitrogens with zero attached hydrogens (tertiary/aromatic N) is 4. The van der Waals surface area contributed by atoms with Crippen LogP contribution in [-0.2, 0) is 6.18 Å². The minimum atomic E-state index is -4.49. The van der Waals surface area contributed by atoms with Crippen LogP contribution in [0.4, 0.5) is 27.6 Å². The van der Waals surface area contributed by atoms with Crippen molar-refractivity contribution in [2.75, 3.05) is 24.5 Å². The van der Waals surface area contributed by atoms with Crippen LogP contribution in [0.5, 0.6) is 0 Å². The molecule has 3 aromatic rings. The van der Waals surface area contributed by atoms with Crippen molar-refractivity contribution >= 4 is 11.6 Å². The number of alkyl halides is 3. The van der Waals surface area contributed by atoms with Gasteiger partial charge < -0.3 is 10.2 Å². The SMILES string of the molecule is Cc1c(C(=O)NCC2CCN(c3ccc(F)c(F)c3)C2)cnn1-c1ccc(C(F)(F)F)cn1. The number of carbonyl (C=O) groups excluding carboxylic acids is 1. The first kappa shape index (κ1) is 22.7. The van der Waals surface area contributed by atoms with Gasteiger partial charge in [0, 0.05) is 37.6 Å². The van der Waals surface area contributed by atoms with Gasteiger partial charge in [-0.05, 0) is 43.5 Å². The maximum absolute atomic E-state index is 13.5. The summed E-state index contributed by atoms with van der Waals surface area (Å²) in [5, 5.41) is 6.93. The number of hydrogen-bond donors (Lipinski definition) is 1. The highest BCUT2D eigenvalue weighted by molar-refractivity contribution is 5.95. The molecule has 0 bridgehead atoms. The molecule has 2 aromatic heterocycles. The van der Waals surface area contributed by atoms with Crippen LogP contribution < -0.4 is 10.2 Å². The van der Waals surface area contributed by atoms with Crippen molar-refractivity contribution in [2.24, 2.45) is 5.92 Å². The van der Waals surface area contributed by atoms with Crippen molar-refractivity contribution in [1.29, 1.82) is 0 Å². The molecule has 1 aromatic carbocycles. The number of anilines is 1. The standard InChI is InChI=1S/C22H20F5N5O/c1-13-17(11-30-32(13)20-5-2-15(10-28-20)22(25,26)27)21(33)29-9-14-6-7-31(12-14)16-3-4-18(23)19(24)8-16/h2-5,8,10-11,14H,6-7,9,12H2,1H3,(H,29,33). The fourth-order valence-corrected chi connectivity index (χ4v) is 3.79. The van der Waals surface area contributed by atoms with Gasteiger partial charge >= 0.3 is 6.18 Å². The minimum absolute atomic E-state index is 0.119. The molecule has 0 radical (unpaired) electrons. The van der Waals surface area contributed by atoms with Gasteiger partial charge in [0.1, 0.15) is 0 Å². The van der Waals surface area contributed by atoms with E-state index in [-0.39, 0.29) is 23.2 Å². The maximum atomic E-state index is 13.5. The summed E-state index contributed by atoms with van der Waals surface area (Å²) < 4.78 is 66.1. The molecule has 33 heavy (non-hydrogen) atoms. The molecule has 4 rings (SSSR count). The van der Waals surface area contributed by atoms with E-state index in [1.165, 1.54) is 23.0 Å². The van der Waals surface area contributed by atoms with E-state index in [2.05, 4.69) is 15.4 Å². The summed E-state index contributed by atoms with van der Waals surface area (Å²) >= 11 is 0. The summed E-state index contributed by atoms with van der Waals surface area (Å²) in [6.45, 7) is 3.24. The minimum Gasteiger partial charge on any atom is -0.371 e. The smallest absolute Gasteiger partial charge is 0.371 e. The van der Waals surface area contributed by atoms with Crippen molar-refractivity contribution < 1.29 is 26.7 Å². The van der Waals surface area contributed by atoms with E-state index in [1.807, 2.05) is 4.90 Å². The second-order valence-corrected chi connectivity index (χ2v) is 7.87. The number of rotatable bonds is 5. The molecule has 0 saturated carbocycles. The van der Waals surface area contributed by atoms with E-state index >= 15 is 0 Å². The van der Waals surface area contributed by atoms with Gasteiger partial charge in [0.25, 0.3) is 5.91 Å². The van der Waals surface area contributed by atoms with Gasteiger partial charge in [-0.3, -0.25) is 4.79 Å². The molecule has 1 atom stereocenters. The molecular weight excluding hydrogens is 445 g/mol. The fourth-order valence-electron chi connectivity index (χ4n) is 3.79. The van der Waals surface area contributed by atoms with Gasteiger partial charge in [-0.25, -0.2) is 18.4 Å². The van der Waals surface area contributed by atoms with Crippen molar-refractivity contribution in [3.8, 4) is 5.82 Å². The molecule has 11 heteroatoms. The second-order valence-electron chi connectivity index (χ2n) is 7.87. The Kier molecular flexibility index (Phi) is 6.05. The first-order valence-corrected chi connectivity index (χ1v) is 10.2. The third-order valence-corrected chi connectivity index (χ3v) is 5.65. The Bertz CT molecular complexity index is 1160. The summed E-state index contributed by atoms with van der Waals surface area (Å²) in [5.41, 5.74) is 0.439. The molecule has 6 nitrogen and oxygen atoms in total. The zero-order chi connectivity index (χ0) is 23.8. The third kappa shape index (κ3) is 4.81. The Balaban J connectivity index is 1.37. The molecule has 1 unspecified atom stereocenters. The summed E-state index contributed by atoms with van der Waals surface area (Å²) in [7, 11) is 0. The van der Waals surface area contributed by atoms with Crippen molar-refractivity contribution in [1.82, 2.24) is 20.1 Å². The van der Waals surface area contributed by atoms with Crippen LogP contribution in [0.1, 0.15) is 28.0 Å².